The number of hydrogen-bond acceptors (Lipinski definition) is 5. The van der Waals surface area contributed by atoms with E-state index in [1.54, 1.807) is 7.11 Å². The Morgan fingerprint density at radius 2 is 2.04 bits per heavy atom. The van der Waals surface area contributed by atoms with Crippen molar-refractivity contribution in [3.63, 3.8) is 0 Å². The lowest BCUT2D eigenvalue weighted by atomic mass is 10.3. The van der Waals surface area contributed by atoms with Crippen LogP contribution in [0.5, 0.6) is 0 Å². The summed E-state index contributed by atoms with van der Waals surface area (Å²) < 4.78 is 4.92. The van der Waals surface area contributed by atoms with Crippen LogP contribution in [0.1, 0.15) is 6.92 Å². The topological polar surface area (TPSA) is 82.1 Å². The van der Waals surface area contributed by atoms with Gasteiger partial charge in [-0.1, -0.05) is 6.07 Å². The number of carbonyl (C=O) groups excluding carboxylic acids is 1. The van der Waals surface area contributed by atoms with Crippen LogP contribution < -0.4 is 15.5 Å². The van der Waals surface area contributed by atoms with Crippen molar-refractivity contribution in [2.24, 2.45) is 4.99 Å². The molecule has 1 aliphatic rings. The second-order valence-corrected chi connectivity index (χ2v) is 5.67. The van der Waals surface area contributed by atoms with Gasteiger partial charge in [-0.05, 0) is 19.1 Å². The number of aliphatic imine (C=N–C) groups is 1. The number of halogens is 1. The van der Waals surface area contributed by atoms with Crippen LogP contribution in [0.25, 0.3) is 0 Å². The molecule has 0 aliphatic carbocycles. The van der Waals surface area contributed by atoms with Crippen LogP contribution >= 0.6 is 24.0 Å². The van der Waals surface area contributed by atoms with Gasteiger partial charge in [-0.15, -0.1) is 24.0 Å². The number of piperazine rings is 1. The number of pyridine rings is 1. The number of aromatic nitrogens is 1. The molecule has 1 aromatic rings. The van der Waals surface area contributed by atoms with Gasteiger partial charge in [0.2, 0.25) is 5.91 Å². The van der Waals surface area contributed by atoms with Crippen LogP contribution in [0.15, 0.2) is 29.4 Å². The van der Waals surface area contributed by atoms with E-state index in [9.17, 15) is 4.79 Å². The summed E-state index contributed by atoms with van der Waals surface area (Å²) in [6, 6.07) is 5.95. The van der Waals surface area contributed by atoms with E-state index in [0.717, 1.165) is 44.5 Å². The minimum atomic E-state index is -0.0976. The van der Waals surface area contributed by atoms with Crippen LogP contribution in [0.2, 0.25) is 0 Å². The fraction of sp³-hybridized carbons (Fsp3) is 0.588. The van der Waals surface area contributed by atoms with Gasteiger partial charge < -0.3 is 25.2 Å². The quantitative estimate of drug-likeness (QED) is 0.259. The number of methoxy groups -OCH3 is 1. The third-order valence-corrected chi connectivity index (χ3v) is 3.89. The molecule has 0 spiro atoms. The van der Waals surface area contributed by atoms with Crippen LogP contribution in [-0.2, 0) is 9.53 Å². The predicted octanol–water partition coefficient (Wildman–Crippen LogP) is 0.550. The van der Waals surface area contributed by atoms with Gasteiger partial charge in [0.1, 0.15) is 12.4 Å². The van der Waals surface area contributed by atoms with Crippen LogP contribution in [0.4, 0.5) is 5.82 Å². The van der Waals surface area contributed by atoms with Crippen molar-refractivity contribution in [3.8, 4) is 0 Å². The molecule has 0 atom stereocenters. The van der Waals surface area contributed by atoms with E-state index in [4.69, 9.17) is 4.74 Å². The molecule has 0 aromatic carbocycles. The first-order valence-corrected chi connectivity index (χ1v) is 8.69. The SMILES string of the molecule is CCNC(=NCC(=O)NCCOC)N1CCN(c2ccccn2)CC1.I. The number of nitrogens with zero attached hydrogens (tertiary/aromatic N) is 4. The second-order valence-electron chi connectivity index (χ2n) is 5.67. The van der Waals surface area contributed by atoms with Gasteiger partial charge >= 0.3 is 0 Å². The molecule has 1 fully saturated rings. The smallest absolute Gasteiger partial charge is 0.241 e. The highest BCUT2D eigenvalue weighted by atomic mass is 127. The Bertz CT molecular complexity index is 549. The first-order chi connectivity index (χ1) is 12.2. The summed E-state index contributed by atoms with van der Waals surface area (Å²) >= 11 is 0. The highest BCUT2D eigenvalue weighted by Gasteiger charge is 2.20. The van der Waals surface area contributed by atoms with E-state index in [0.29, 0.717) is 13.2 Å². The zero-order chi connectivity index (χ0) is 17.9. The first kappa shape index (κ1) is 22.4. The summed E-state index contributed by atoms with van der Waals surface area (Å²) in [6.45, 7) is 7.36. The summed E-state index contributed by atoms with van der Waals surface area (Å²) in [5.74, 6) is 1.69. The molecule has 0 bridgehead atoms. The predicted molar refractivity (Wildman–Crippen MR) is 114 cm³/mol. The lowest BCUT2D eigenvalue weighted by Crippen LogP contribution is -2.53. The maximum absolute atomic E-state index is 11.8. The molecule has 1 amide bonds. The van der Waals surface area contributed by atoms with E-state index >= 15 is 0 Å². The molecule has 0 saturated carbocycles. The van der Waals surface area contributed by atoms with E-state index in [1.807, 2.05) is 31.3 Å². The molecule has 2 rings (SSSR count). The average Bonchev–Trinajstić information content (AvgIpc) is 2.66. The number of anilines is 1. The third kappa shape index (κ3) is 7.32. The minimum Gasteiger partial charge on any atom is -0.383 e. The van der Waals surface area contributed by atoms with Crippen molar-refractivity contribution < 1.29 is 9.53 Å². The van der Waals surface area contributed by atoms with Gasteiger partial charge in [0.15, 0.2) is 5.96 Å². The van der Waals surface area contributed by atoms with Gasteiger partial charge in [0, 0.05) is 52.6 Å². The summed E-state index contributed by atoms with van der Waals surface area (Å²) in [4.78, 5) is 25.1. The third-order valence-electron chi connectivity index (χ3n) is 3.89. The highest BCUT2D eigenvalue weighted by molar-refractivity contribution is 14.0. The fourth-order valence-corrected chi connectivity index (χ4v) is 2.61. The molecule has 9 heteroatoms. The molecule has 8 nitrogen and oxygen atoms in total. The van der Waals surface area contributed by atoms with Crippen molar-refractivity contribution in [1.29, 1.82) is 0 Å². The van der Waals surface area contributed by atoms with Gasteiger partial charge in [-0.2, -0.15) is 0 Å². The molecule has 0 unspecified atom stereocenters. The van der Waals surface area contributed by atoms with Gasteiger partial charge in [-0.3, -0.25) is 4.79 Å². The average molecular weight is 476 g/mol. The molecule has 26 heavy (non-hydrogen) atoms. The van der Waals surface area contributed by atoms with Crippen molar-refractivity contribution in [2.75, 3.05) is 64.4 Å². The van der Waals surface area contributed by atoms with Crippen molar-refractivity contribution in [3.05, 3.63) is 24.4 Å². The molecule has 1 aliphatic heterocycles. The van der Waals surface area contributed by atoms with E-state index < -0.39 is 0 Å². The summed E-state index contributed by atoms with van der Waals surface area (Å²) in [5.41, 5.74) is 0. The Kier molecular flexibility index (Phi) is 10.9. The Balaban J connectivity index is 0.00000338. The number of ether oxygens (including phenoxy) is 1. The molecule has 2 N–H and O–H groups in total. The molecule has 1 saturated heterocycles. The van der Waals surface area contributed by atoms with Gasteiger partial charge in [0.05, 0.1) is 6.61 Å². The van der Waals surface area contributed by atoms with Gasteiger partial charge in [-0.25, -0.2) is 9.98 Å². The molecular formula is C17H29IN6O2. The van der Waals surface area contributed by atoms with Crippen molar-refractivity contribution in [2.45, 2.75) is 6.92 Å². The Hall–Kier alpha value is -1.62. The van der Waals surface area contributed by atoms with Crippen molar-refractivity contribution in [1.82, 2.24) is 20.5 Å². The van der Waals surface area contributed by atoms with E-state index in [1.165, 1.54) is 0 Å². The zero-order valence-corrected chi connectivity index (χ0v) is 17.8. The van der Waals surface area contributed by atoms with Gasteiger partial charge in [0.25, 0.3) is 0 Å². The standard InChI is InChI=1S/C17H28N6O2.HI/c1-3-18-17(21-14-16(24)20-8-13-25-2)23-11-9-22(10-12-23)15-6-4-5-7-19-15;/h4-7H,3,8-14H2,1-2H3,(H,18,21)(H,20,24);1H. The fourth-order valence-electron chi connectivity index (χ4n) is 2.61. The number of guanidine groups is 1. The maximum Gasteiger partial charge on any atom is 0.241 e. The first-order valence-electron chi connectivity index (χ1n) is 8.69. The van der Waals surface area contributed by atoms with Crippen LogP contribution in [0.3, 0.4) is 0 Å². The number of carbonyl (C=O) groups is 1. The van der Waals surface area contributed by atoms with Crippen LogP contribution in [-0.4, -0.2) is 81.3 Å². The van der Waals surface area contributed by atoms with E-state index in [-0.39, 0.29) is 36.4 Å². The van der Waals surface area contributed by atoms with E-state index in [2.05, 4.69) is 30.4 Å². The highest BCUT2D eigenvalue weighted by Crippen LogP contribution is 2.12. The molecule has 1 aromatic heterocycles. The Labute approximate surface area is 172 Å². The molecule has 2 heterocycles. The largest absolute Gasteiger partial charge is 0.383 e. The summed E-state index contributed by atoms with van der Waals surface area (Å²) in [5, 5.41) is 6.05. The monoisotopic (exact) mass is 476 g/mol. The molecule has 0 radical (unpaired) electrons. The number of hydrogen-bond donors (Lipinski definition) is 2. The number of nitrogens with one attached hydrogen (secondary N) is 2. The van der Waals surface area contributed by atoms with Crippen LogP contribution in [0, 0.1) is 0 Å². The molecular weight excluding hydrogens is 447 g/mol. The van der Waals surface area contributed by atoms with Crippen molar-refractivity contribution >= 4 is 41.7 Å². The second kappa shape index (κ2) is 12.7. The Morgan fingerprint density at radius 3 is 2.65 bits per heavy atom. The lowest BCUT2D eigenvalue weighted by Gasteiger charge is -2.37. The maximum atomic E-state index is 11.8. The Morgan fingerprint density at radius 1 is 1.27 bits per heavy atom. The minimum absolute atomic E-state index is 0. The summed E-state index contributed by atoms with van der Waals surface area (Å²) in [6.07, 6.45) is 1.81. The zero-order valence-electron chi connectivity index (χ0n) is 15.5. The lowest BCUT2D eigenvalue weighted by molar-refractivity contribution is -0.119. The summed E-state index contributed by atoms with van der Waals surface area (Å²) in [7, 11) is 1.61. The number of amides is 1. The number of rotatable bonds is 7. The normalized spacial score (nSPS) is 14.6. The molecule has 146 valence electrons.